The van der Waals surface area contributed by atoms with E-state index in [1.807, 2.05) is 25.2 Å². The molecule has 150 valence electrons. The predicted octanol–water partition coefficient (Wildman–Crippen LogP) is 5.21. The Labute approximate surface area is 158 Å². The number of ether oxygens (including phenoxy) is 2. The van der Waals surface area contributed by atoms with Gasteiger partial charge in [-0.15, -0.1) is 6.58 Å². The second-order valence-corrected chi connectivity index (χ2v) is 6.75. The van der Waals surface area contributed by atoms with E-state index in [0.717, 1.165) is 19.3 Å². The zero-order valence-corrected chi connectivity index (χ0v) is 17.2. The van der Waals surface area contributed by atoms with E-state index < -0.39 is 12.2 Å². The van der Waals surface area contributed by atoms with Gasteiger partial charge in [-0.3, -0.25) is 0 Å². The Bertz CT molecular complexity index is 461. The molecule has 0 aliphatic rings. The van der Waals surface area contributed by atoms with E-state index >= 15 is 0 Å². The molecule has 1 unspecified atom stereocenters. The number of rotatable bonds is 10. The third-order valence-electron chi connectivity index (χ3n) is 3.76. The summed E-state index contributed by atoms with van der Waals surface area (Å²) in [5.74, 6) is 0.487. The number of amides is 2. The van der Waals surface area contributed by atoms with Gasteiger partial charge in [0.25, 0.3) is 0 Å². The first-order valence-corrected chi connectivity index (χ1v) is 9.51. The molecule has 2 amide bonds. The van der Waals surface area contributed by atoms with Crippen molar-refractivity contribution >= 4 is 12.2 Å². The predicted molar refractivity (Wildman–Crippen MR) is 105 cm³/mol. The summed E-state index contributed by atoms with van der Waals surface area (Å²) in [5.41, 5.74) is 2.51. The van der Waals surface area contributed by atoms with Crippen molar-refractivity contribution in [2.45, 2.75) is 85.5 Å². The molecule has 0 spiro atoms. The molecule has 0 aliphatic heterocycles. The first-order chi connectivity index (χ1) is 12.2. The summed E-state index contributed by atoms with van der Waals surface area (Å²) < 4.78 is 10.3. The van der Waals surface area contributed by atoms with Crippen molar-refractivity contribution in [2.75, 3.05) is 0 Å². The van der Waals surface area contributed by atoms with Gasteiger partial charge in [0.15, 0.2) is 0 Å². The molecule has 0 radical (unpaired) electrons. The topological polar surface area (TPSA) is 67.9 Å². The monoisotopic (exact) mass is 368 g/mol. The molecule has 26 heavy (non-hydrogen) atoms. The van der Waals surface area contributed by atoms with Crippen LogP contribution in [0.3, 0.4) is 0 Å². The van der Waals surface area contributed by atoms with Crippen LogP contribution < -0.4 is 5.43 Å². The highest BCUT2D eigenvalue weighted by Crippen LogP contribution is 2.14. The second kappa shape index (κ2) is 13.3. The summed E-state index contributed by atoms with van der Waals surface area (Å²) in [6.45, 7) is 14.9. The number of carbonyl (C=O) groups excluding carboxylic acids is 2. The van der Waals surface area contributed by atoms with Crippen LogP contribution in [0.1, 0.15) is 67.2 Å². The van der Waals surface area contributed by atoms with Crippen LogP contribution in [-0.4, -0.2) is 35.4 Å². The average molecular weight is 369 g/mol. The Morgan fingerprint density at radius 1 is 1.08 bits per heavy atom. The van der Waals surface area contributed by atoms with Crippen LogP contribution in [0.25, 0.3) is 0 Å². The lowest BCUT2D eigenvalue weighted by Gasteiger charge is -2.29. The van der Waals surface area contributed by atoms with Gasteiger partial charge in [0.1, 0.15) is 0 Å². The van der Waals surface area contributed by atoms with Gasteiger partial charge in [-0.1, -0.05) is 32.1 Å². The number of carbonyl (C=O) groups is 2. The van der Waals surface area contributed by atoms with Crippen molar-refractivity contribution in [3.63, 3.8) is 0 Å². The lowest BCUT2D eigenvalue weighted by Crippen LogP contribution is -2.52. The van der Waals surface area contributed by atoms with E-state index in [1.165, 1.54) is 5.01 Å². The minimum absolute atomic E-state index is 0.279. The van der Waals surface area contributed by atoms with Crippen LogP contribution in [0.5, 0.6) is 0 Å². The van der Waals surface area contributed by atoms with Gasteiger partial charge in [0.05, 0.1) is 18.2 Å². The smallest absolute Gasteiger partial charge is 0.429 e. The molecule has 1 N–H and O–H groups in total. The van der Waals surface area contributed by atoms with E-state index in [9.17, 15) is 9.59 Å². The second-order valence-electron chi connectivity index (χ2n) is 6.75. The van der Waals surface area contributed by atoms with E-state index in [2.05, 4.69) is 18.9 Å². The van der Waals surface area contributed by atoms with E-state index in [-0.39, 0.29) is 18.2 Å². The van der Waals surface area contributed by atoms with Crippen LogP contribution >= 0.6 is 0 Å². The summed E-state index contributed by atoms with van der Waals surface area (Å²) in [7, 11) is 0. The number of nitrogens with one attached hydrogen (secondary N) is 1. The Hall–Kier alpha value is -1.98. The van der Waals surface area contributed by atoms with Crippen LogP contribution in [0, 0.1) is 5.92 Å². The summed E-state index contributed by atoms with van der Waals surface area (Å²) in [6, 6.07) is -0.315. The maximum absolute atomic E-state index is 12.4. The molecule has 0 aromatic carbocycles. The molecule has 0 saturated heterocycles. The van der Waals surface area contributed by atoms with Gasteiger partial charge in [0.2, 0.25) is 0 Å². The Balaban J connectivity index is 5.05. The summed E-state index contributed by atoms with van der Waals surface area (Å²) in [5, 5.41) is 1.20. The maximum atomic E-state index is 12.4. The van der Waals surface area contributed by atoms with Crippen LogP contribution in [0.15, 0.2) is 24.8 Å². The minimum Gasteiger partial charge on any atom is -0.446 e. The van der Waals surface area contributed by atoms with Crippen molar-refractivity contribution in [3.8, 4) is 0 Å². The van der Waals surface area contributed by atoms with Gasteiger partial charge >= 0.3 is 12.2 Å². The van der Waals surface area contributed by atoms with Crippen molar-refractivity contribution in [1.29, 1.82) is 0 Å². The molecule has 0 heterocycles. The molecule has 2 atom stereocenters. The third kappa shape index (κ3) is 10.1. The van der Waals surface area contributed by atoms with Crippen LogP contribution in [0.4, 0.5) is 9.59 Å². The van der Waals surface area contributed by atoms with Gasteiger partial charge in [-0.25, -0.2) is 20.0 Å². The number of hydrazine groups is 1. The summed E-state index contributed by atoms with van der Waals surface area (Å²) >= 11 is 0. The zero-order valence-electron chi connectivity index (χ0n) is 17.2. The van der Waals surface area contributed by atoms with Crippen molar-refractivity contribution < 1.29 is 19.1 Å². The fourth-order valence-corrected chi connectivity index (χ4v) is 2.32. The molecular formula is C20H36N2O4. The van der Waals surface area contributed by atoms with Crippen LogP contribution in [0.2, 0.25) is 0 Å². The highest BCUT2D eigenvalue weighted by atomic mass is 16.6. The highest BCUT2D eigenvalue weighted by Gasteiger charge is 2.25. The van der Waals surface area contributed by atoms with E-state index in [1.54, 1.807) is 27.7 Å². The van der Waals surface area contributed by atoms with Gasteiger partial charge < -0.3 is 9.47 Å². The average Bonchev–Trinajstić information content (AvgIpc) is 2.55. The minimum atomic E-state index is -0.676. The van der Waals surface area contributed by atoms with Gasteiger partial charge in [0, 0.05) is 0 Å². The Morgan fingerprint density at radius 3 is 2.15 bits per heavy atom. The number of hydrogen-bond donors (Lipinski definition) is 1. The number of nitrogens with zero attached hydrogens (tertiary/aromatic N) is 1. The summed E-state index contributed by atoms with van der Waals surface area (Å²) in [4.78, 5) is 24.3. The summed E-state index contributed by atoms with van der Waals surface area (Å²) in [6.07, 6.45) is 7.66. The molecule has 0 fully saturated rings. The largest absolute Gasteiger partial charge is 0.446 e. The van der Waals surface area contributed by atoms with Crippen molar-refractivity contribution in [3.05, 3.63) is 24.8 Å². The van der Waals surface area contributed by atoms with Crippen molar-refractivity contribution in [2.24, 2.45) is 5.92 Å². The molecule has 0 aliphatic carbocycles. The maximum Gasteiger partial charge on any atom is 0.429 e. The molecule has 6 heteroatoms. The van der Waals surface area contributed by atoms with Gasteiger partial charge in [-0.2, -0.15) is 0 Å². The fourth-order valence-electron chi connectivity index (χ4n) is 2.32. The Kier molecular flexibility index (Phi) is 12.2. The van der Waals surface area contributed by atoms with Gasteiger partial charge in [-0.05, 0) is 59.3 Å². The molecule has 0 aromatic rings. The first kappa shape index (κ1) is 24.0. The normalized spacial score (nSPS) is 13.5. The van der Waals surface area contributed by atoms with E-state index in [0.29, 0.717) is 12.3 Å². The standard InChI is InChI=1S/C20H36N2O4/c1-8-17(9-2)13-11-12-14-18(10-3)22(20(24)26-16(6)7)21-19(23)25-15(4)5/h8,12,14-18H,1,9-11,13H2,2-7H3,(H,21,23)/t17-,18?/m1/s1. The zero-order chi connectivity index (χ0) is 20.1. The molecule has 0 bridgehead atoms. The van der Waals surface area contributed by atoms with E-state index in [4.69, 9.17) is 9.47 Å². The fraction of sp³-hybridized carbons (Fsp3) is 0.700. The quantitative estimate of drug-likeness (QED) is 0.424. The van der Waals surface area contributed by atoms with Crippen molar-refractivity contribution in [1.82, 2.24) is 10.4 Å². The molecule has 0 saturated carbocycles. The third-order valence-corrected chi connectivity index (χ3v) is 3.76. The highest BCUT2D eigenvalue weighted by molar-refractivity contribution is 5.74. The SMILES string of the molecule is C=C[C@H](CC)CCC=CC(CC)N(NC(=O)OC(C)C)C(=O)OC(C)C. The number of hydrogen-bond acceptors (Lipinski definition) is 4. The lowest BCUT2D eigenvalue weighted by atomic mass is 10.0. The Morgan fingerprint density at radius 2 is 1.69 bits per heavy atom. The molecule has 0 aromatic heterocycles. The first-order valence-electron chi connectivity index (χ1n) is 9.51. The molecule has 0 rings (SSSR count). The molecule has 6 nitrogen and oxygen atoms in total. The molecular weight excluding hydrogens is 332 g/mol. The van der Waals surface area contributed by atoms with Crippen LogP contribution in [-0.2, 0) is 9.47 Å². The number of allylic oxidation sites excluding steroid dienone is 2. The lowest BCUT2D eigenvalue weighted by molar-refractivity contribution is 0.0376.